The van der Waals surface area contributed by atoms with Crippen LogP contribution in [0.15, 0.2) is 16.6 Å². The van der Waals surface area contributed by atoms with Crippen LogP contribution < -0.4 is 11.1 Å². The molecule has 3 N–H and O–H groups in total. The van der Waals surface area contributed by atoms with Crippen molar-refractivity contribution in [3.8, 4) is 0 Å². The molecule has 0 saturated carbocycles. The van der Waals surface area contributed by atoms with Gasteiger partial charge in [0.1, 0.15) is 0 Å². The number of fused-ring (bicyclic) bond motifs is 1. The lowest BCUT2D eigenvalue weighted by molar-refractivity contribution is 0.160. The molecule has 2 unspecified atom stereocenters. The average molecular weight is 353 g/mol. The van der Waals surface area contributed by atoms with E-state index in [4.69, 9.17) is 5.73 Å². The first kappa shape index (κ1) is 16.7. The normalized spacial score (nSPS) is 20.0. The third kappa shape index (κ3) is 3.74. The minimum atomic E-state index is 0.341. The summed E-state index contributed by atoms with van der Waals surface area (Å²) in [7, 11) is 0. The average Bonchev–Trinajstić information content (AvgIpc) is 2.35. The van der Waals surface area contributed by atoms with E-state index in [1.807, 2.05) is 6.07 Å². The van der Waals surface area contributed by atoms with E-state index in [1.165, 1.54) is 18.4 Å². The predicted octanol–water partition coefficient (Wildman–Crippen LogP) is 5.47. The second-order valence-corrected chi connectivity index (χ2v) is 8.61. The Labute approximate surface area is 138 Å². The highest BCUT2D eigenvalue weighted by atomic mass is 79.9. The second-order valence-electron chi connectivity index (χ2n) is 7.69. The molecule has 21 heavy (non-hydrogen) atoms. The zero-order chi connectivity index (χ0) is 15.8. The molecule has 0 aromatic heterocycles. The Morgan fingerprint density at radius 3 is 2.62 bits per heavy atom. The van der Waals surface area contributed by atoms with Gasteiger partial charge in [0.15, 0.2) is 0 Å². The van der Waals surface area contributed by atoms with Gasteiger partial charge >= 0.3 is 0 Å². The van der Waals surface area contributed by atoms with Crippen molar-refractivity contribution in [3.05, 3.63) is 22.2 Å². The van der Waals surface area contributed by atoms with Gasteiger partial charge in [-0.15, -0.1) is 0 Å². The maximum absolute atomic E-state index is 6.20. The Morgan fingerprint density at radius 2 is 2.00 bits per heavy atom. The molecule has 1 aliphatic heterocycles. The molecule has 118 valence electrons. The Morgan fingerprint density at radius 1 is 1.33 bits per heavy atom. The molecule has 0 bridgehead atoms. The zero-order valence-corrected chi connectivity index (χ0v) is 15.5. The van der Waals surface area contributed by atoms with Gasteiger partial charge in [0.05, 0.1) is 11.4 Å². The van der Waals surface area contributed by atoms with E-state index in [2.05, 4.69) is 61.9 Å². The van der Waals surface area contributed by atoms with Gasteiger partial charge in [-0.05, 0) is 54.2 Å². The van der Waals surface area contributed by atoms with Crippen molar-refractivity contribution in [2.24, 2.45) is 17.3 Å². The van der Waals surface area contributed by atoms with E-state index in [-0.39, 0.29) is 0 Å². The predicted molar refractivity (Wildman–Crippen MR) is 96.7 cm³/mol. The van der Waals surface area contributed by atoms with Gasteiger partial charge in [-0.1, -0.05) is 50.5 Å². The van der Waals surface area contributed by atoms with Gasteiger partial charge in [-0.3, -0.25) is 0 Å². The van der Waals surface area contributed by atoms with Gasteiger partial charge in [0.25, 0.3) is 0 Å². The van der Waals surface area contributed by atoms with Crippen LogP contribution in [-0.2, 0) is 6.42 Å². The minimum Gasteiger partial charge on any atom is -0.397 e. The number of halogens is 1. The van der Waals surface area contributed by atoms with Crippen molar-refractivity contribution >= 4 is 27.3 Å². The number of rotatable bonds is 4. The number of nitrogens with two attached hydrogens (primary N) is 1. The Kier molecular flexibility index (Phi) is 4.92. The van der Waals surface area contributed by atoms with Crippen molar-refractivity contribution in [2.75, 3.05) is 11.1 Å². The summed E-state index contributed by atoms with van der Waals surface area (Å²) in [6, 6.07) is 4.70. The number of benzene rings is 1. The summed E-state index contributed by atoms with van der Waals surface area (Å²) in [5.41, 5.74) is 9.90. The third-order valence-corrected chi connectivity index (χ3v) is 5.50. The maximum atomic E-state index is 6.20. The van der Waals surface area contributed by atoms with Crippen molar-refractivity contribution in [1.29, 1.82) is 0 Å². The molecule has 2 atom stereocenters. The van der Waals surface area contributed by atoms with Crippen LogP contribution in [0.1, 0.15) is 53.0 Å². The lowest BCUT2D eigenvalue weighted by atomic mass is 9.69. The first-order chi connectivity index (χ1) is 9.70. The van der Waals surface area contributed by atoms with Gasteiger partial charge in [0.2, 0.25) is 0 Å². The SMILES string of the molecule is CC(C)CC(C)(C)C(C)C1CCc2cc(Br)cc(N)c2N1. The second kappa shape index (κ2) is 6.20. The lowest BCUT2D eigenvalue weighted by Crippen LogP contribution is -2.40. The molecule has 3 heteroatoms. The van der Waals surface area contributed by atoms with Crippen molar-refractivity contribution in [1.82, 2.24) is 0 Å². The molecular weight excluding hydrogens is 324 g/mol. The zero-order valence-electron chi connectivity index (χ0n) is 14.0. The number of aryl methyl sites for hydroxylation is 1. The van der Waals surface area contributed by atoms with Crippen molar-refractivity contribution < 1.29 is 0 Å². The molecule has 2 rings (SSSR count). The summed E-state index contributed by atoms with van der Waals surface area (Å²) in [6.07, 6.45) is 3.55. The fraction of sp³-hybridized carbons (Fsp3) is 0.667. The standard InChI is InChI=1S/C18H29BrN2/c1-11(2)10-18(4,5)12(3)16-7-6-13-8-14(19)9-15(20)17(13)21-16/h8-9,11-12,16,21H,6-7,10,20H2,1-5H3. The van der Waals surface area contributed by atoms with E-state index in [0.717, 1.165) is 28.2 Å². The first-order valence-corrected chi connectivity index (χ1v) is 8.84. The van der Waals surface area contributed by atoms with Crippen molar-refractivity contribution in [3.63, 3.8) is 0 Å². The monoisotopic (exact) mass is 352 g/mol. The number of nitrogen functional groups attached to an aromatic ring is 1. The number of nitrogens with one attached hydrogen (secondary N) is 1. The Balaban J connectivity index is 2.17. The van der Waals surface area contributed by atoms with E-state index < -0.39 is 0 Å². The summed E-state index contributed by atoms with van der Waals surface area (Å²) in [5.74, 6) is 1.36. The van der Waals surface area contributed by atoms with Crippen LogP contribution in [0, 0.1) is 17.3 Å². The van der Waals surface area contributed by atoms with E-state index >= 15 is 0 Å². The Bertz CT molecular complexity index is 508. The van der Waals surface area contributed by atoms with E-state index in [1.54, 1.807) is 0 Å². The molecule has 1 aromatic carbocycles. The van der Waals surface area contributed by atoms with Crippen LogP contribution in [0.4, 0.5) is 11.4 Å². The molecular formula is C18H29BrN2. The summed E-state index contributed by atoms with van der Waals surface area (Å²) in [4.78, 5) is 0. The van der Waals surface area contributed by atoms with Crippen LogP contribution in [0.2, 0.25) is 0 Å². The minimum absolute atomic E-state index is 0.341. The smallest absolute Gasteiger partial charge is 0.0609 e. The van der Waals surface area contributed by atoms with Crippen LogP contribution in [0.25, 0.3) is 0 Å². The Hall–Kier alpha value is -0.700. The molecule has 0 radical (unpaired) electrons. The molecule has 1 heterocycles. The lowest BCUT2D eigenvalue weighted by Gasteiger charge is -2.41. The molecule has 0 fully saturated rings. The molecule has 0 amide bonds. The van der Waals surface area contributed by atoms with Gasteiger partial charge in [-0.2, -0.15) is 0 Å². The fourth-order valence-electron chi connectivity index (χ4n) is 3.79. The number of anilines is 2. The third-order valence-electron chi connectivity index (χ3n) is 5.04. The molecule has 1 aliphatic rings. The van der Waals surface area contributed by atoms with E-state index in [9.17, 15) is 0 Å². The van der Waals surface area contributed by atoms with Crippen LogP contribution in [0.5, 0.6) is 0 Å². The molecule has 2 nitrogen and oxygen atoms in total. The van der Waals surface area contributed by atoms with E-state index in [0.29, 0.717) is 17.4 Å². The quantitative estimate of drug-likeness (QED) is 0.705. The highest BCUT2D eigenvalue weighted by molar-refractivity contribution is 9.10. The molecule has 0 spiro atoms. The van der Waals surface area contributed by atoms with Gasteiger partial charge < -0.3 is 11.1 Å². The first-order valence-electron chi connectivity index (χ1n) is 8.05. The number of hydrogen-bond donors (Lipinski definition) is 2. The maximum Gasteiger partial charge on any atom is 0.0609 e. The fourth-order valence-corrected chi connectivity index (χ4v) is 4.31. The topological polar surface area (TPSA) is 38.0 Å². The summed E-state index contributed by atoms with van der Waals surface area (Å²) < 4.78 is 1.08. The molecule has 0 saturated heterocycles. The molecule has 0 aliphatic carbocycles. The van der Waals surface area contributed by atoms with Crippen LogP contribution >= 0.6 is 15.9 Å². The van der Waals surface area contributed by atoms with Crippen LogP contribution in [0.3, 0.4) is 0 Å². The highest BCUT2D eigenvalue weighted by Crippen LogP contribution is 2.41. The van der Waals surface area contributed by atoms with Gasteiger partial charge in [0, 0.05) is 10.5 Å². The largest absolute Gasteiger partial charge is 0.397 e. The molecule has 1 aromatic rings. The summed E-state index contributed by atoms with van der Waals surface area (Å²) in [5, 5.41) is 3.73. The summed E-state index contributed by atoms with van der Waals surface area (Å²) in [6.45, 7) is 11.8. The number of hydrogen-bond acceptors (Lipinski definition) is 2. The van der Waals surface area contributed by atoms with Crippen LogP contribution in [-0.4, -0.2) is 6.04 Å². The van der Waals surface area contributed by atoms with Crippen molar-refractivity contribution in [2.45, 2.75) is 59.9 Å². The highest BCUT2D eigenvalue weighted by Gasteiger charge is 2.34. The van der Waals surface area contributed by atoms with Gasteiger partial charge in [-0.25, -0.2) is 0 Å². The summed E-state index contributed by atoms with van der Waals surface area (Å²) >= 11 is 3.54.